The zero-order valence-corrected chi connectivity index (χ0v) is 13.8. The molecule has 0 fully saturated rings. The van der Waals surface area contributed by atoms with Crippen LogP contribution in [0.4, 0.5) is 0 Å². The van der Waals surface area contributed by atoms with Crippen LogP contribution >= 0.6 is 35.0 Å². The summed E-state index contributed by atoms with van der Waals surface area (Å²) in [6.07, 6.45) is 0. The molecule has 2 aromatic carbocycles. The van der Waals surface area contributed by atoms with Crippen molar-refractivity contribution in [1.82, 2.24) is 5.32 Å². The van der Waals surface area contributed by atoms with Gasteiger partial charge in [-0.15, -0.1) is 0 Å². The topological polar surface area (TPSA) is 12.0 Å². The lowest BCUT2D eigenvalue weighted by Crippen LogP contribution is -2.22. The van der Waals surface area contributed by atoms with Crippen molar-refractivity contribution >= 4 is 35.0 Å². The highest BCUT2D eigenvalue weighted by atomic mass is 35.5. The number of rotatable bonds is 5. The zero-order valence-electron chi connectivity index (χ0n) is 11.5. The Labute approximate surface area is 134 Å². The van der Waals surface area contributed by atoms with Crippen LogP contribution in [-0.2, 0) is 6.54 Å². The summed E-state index contributed by atoms with van der Waals surface area (Å²) in [6, 6.07) is 14.3. The van der Waals surface area contributed by atoms with E-state index in [4.69, 9.17) is 23.2 Å². The van der Waals surface area contributed by atoms with E-state index in [-0.39, 0.29) is 0 Å². The van der Waals surface area contributed by atoms with Gasteiger partial charge in [-0.1, -0.05) is 67.0 Å². The standard InChI is InChI=1S/C16H17Cl2NS/c1-11(2)19-10-12-13(17)7-5-9-15(12)20-16-8-4-3-6-14(16)18/h3-9,11,19H,10H2,1-2H3. The number of hydrogen-bond acceptors (Lipinski definition) is 2. The number of benzene rings is 2. The Kier molecular flexibility index (Phi) is 5.79. The van der Waals surface area contributed by atoms with E-state index in [0.29, 0.717) is 6.04 Å². The summed E-state index contributed by atoms with van der Waals surface area (Å²) in [5.74, 6) is 0. The van der Waals surface area contributed by atoms with Crippen LogP contribution in [0.15, 0.2) is 52.3 Å². The second kappa shape index (κ2) is 7.37. The highest BCUT2D eigenvalue weighted by Gasteiger charge is 2.10. The molecule has 0 atom stereocenters. The van der Waals surface area contributed by atoms with E-state index >= 15 is 0 Å². The molecule has 0 aliphatic rings. The molecule has 2 aromatic rings. The fourth-order valence-electron chi connectivity index (χ4n) is 1.76. The molecular formula is C16H17Cl2NS. The minimum atomic E-state index is 0.421. The van der Waals surface area contributed by atoms with E-state index in [9.17, 15) is 0 Å². The minimum Gasteiger partial charge on any atom is -0.310 e. The first-order chi connectivity index (χ1) is 9.58. The van der Waals surface area contributed by atoms with E-state index in [1.165, 1.54) is 0 Å². The lowest BCUT2D eigenvalue weighted by molar-refractivity contribution is 0.585. The van der Waals surface area contributed by atoms with Gasteiger partial charge in [0.2, 0.25) is 0 Å². The van der Waals surface area contributed by atoms with Gasteiger partial charge in [-0.05, 0) is 29.8 Å². The Bertz CT molecular complexity index is 584. The maximum atomic E-state index is 6.33. The third kappa shape index (κ3) is 4.16. The van der Waals surface area contributed by atoms with Crippen LogP contribution < -0.4 is 5.32 Å². The summed E-state index contributed by atoms with van der Waals surface area (Å²) >= 11 is 14.2. The minimum absolute atomic E-state index is 0.421. The molecule has 0 unspecified atom stereocenters. The van der Waals surface area contributed by atoms with Gasteiger partial charge in [-0.25, -0.2) is 0 Å². The molecule has 1 N–H and O–H groups in total. The van der Waals surface area contributed by atoms with Crippen LogP contribution in [0.3, 0.4) is 0 Å². The van der Waals surface area contributed by atoms with Crippen LogP contribution in [0.1, 0.15) is 19.4 Å². The molecule has 4 heteroatoms. The SMILES string of the molecule is CC(C)NCc1c(Cl)cccc1Sc1ccccc1Cl. The molecule has 0 amide bonds. The first kappa shape index (κ1) is 15.7. The van der Waals surface area contributed by atoms with Crippen molar-refractivity contribution in [2.75, 3.05) is 0 Å². The average molecular weight is 326 g/mol. The lowest BCUT2D eigenvalue weighted by Gasteiger charge is -2.14. The molecule has 0 aromatic heterocycles. The van der Waals surface area contributed by atoms with Crippen LogP contribution in [0.5, 0.6) is 0 Å². The largest absolute Gasteiger partial charge is 0.310 e. The van der Waals surface area contributed by atoms with Crippen molar-refractivity contribution in [2.45, 2.75) is 36.2 Å². The molecule has 0 aliphatic heterocycles. The van der Waals surface area contributed by atoms with Gasteiger partial charge in [-0.3, -0.25) is 0 Å². The zero-order chi connectivity index (χ0) is 14.5. The van der Waals surface area contributed by atoms with Crippen molar-refractivity contribution in [3.63, 3.8) is 0 Å². The van der Waals surface area contributed by atoms with Gasteiger partial charge in [-0.2, -0.15) is 0 Å². The molecule has 0 saturated heterocycles. The first-order valence-electron chi connectivity index (χ1n) is 6.51. The number of halogens is 2. The summed E-state index contributed by atoms with van der Waals surface area (Å²) in [5, 5.41) is 4.96. The van der Waals surface area contributed by atoms with E-state index in [0.717, 1.165) is 31.9 Å². The molecule has 20 heavy (non-hydrogen) atoms. The van der Waals surface area contributed by atoms with Crippen LogP contribution in [-0.4, -0.2) is 6.04 Å². The number of hydrogen-bond donors (Lipinski definition) is 1. The fourth-order valence-corrected chi connectivity index (χ4v) is 3.31. The third-order valence-corrected chi connectivity index (χ3v) is 4.79. The summed E-state index contributed by atoms with van der Waals surface area (Å²) in [4.78, 5) is 2.18. The summed E-state index contributed by atoms with van der Waals surface area (Å²) < 4.78 is 0. The van der Waals surface area contributed by atoms with E-state index in [1.54, 1.807) is 11.8 Å². The van der Waals surface area contributed by atoms with Crippen molar-refractivity contribution in [1.29, 1.82) is 0 Å². The van der Waals surface area contributed by atoms with Crippen LogP contribution in [0.25, 0.3) is 0 Å². The molecule has 0 bridgehead atoms. The summed E-state index contributed by atoms with van der Waals surface area (Å²) in [6.45, 7) is 5.00. The van der Waals surface area contributed by atoms with Gasteiger partial charge in [0.05, 0.1) is 5.02 Å². The van der Waals surface area contributed by atoms with Gasteiger partial charge < -0.3 is 5.32 Å². The average Bonchev–Trinajstić information content (AvgIpc) is 2.40. The normalized spacial score (nSPS) is 11.1. The van der Waals surface area contributed by atoms with E-state index in [2.05, 4.69) is 25.2 Å². The quantitative estimate of drug-likeness (QED) is 0.763. The molecule has 0 spiro atoms. The van der Waals surface area contributed by atoms with Gasteiger partial charge in [0.25, 0.3) is 0 Å². The molecule has 1 nitrogen and oxygen atoms in total. The monoisotopic (exact) mass is 325 g/mol. The predicted molar refractivity (Wildman–Crippen MR) is 89.0 cm³/mol. The highest BCUT2D eigenvalue weighted by Crippen LogP contribution is 2.37. The second-order valence-corrected chi connectivity index (χ2v) is 6.68. The lowest BCUT2D eigenvalue weighted by atomic mass is 10.2. The van der Waals surface area contributed by atoms with Gasteiger partial charge in [0, 0.05) is 27.4 Å². The molecule has 2 rings (SSSR count). The van der Waals surface area contributed by atoms with Crippen molar-refractivity contribution < 1.29 is 0 Å². The van der Waals surface area contributed by atoms with Gasteiger partial charge >= 0.3 is 0 Å². The van der Waals surface area contributed by atoms with Crippen molar-refractivity contribution in [2.24, 2.45) is 0 Å². The smallest absolute Gasteiger partial charge is 0.0545 e. The van der Waals surface area contributed by atoms with E-state index < -0.39 is 0 Å². The maximum absolute atomic E-state index is 6.33. The molecule has 106 valence electrons. The third-order valence-electron chi connectivity index (χ3n) is 2.82. The Morgan fingerprint density at radius 2 is 1.60 bits per heavy atom. The Hall–Kier alpha value is -0.670. The summed E-state index contributed by atoms with van der Waals surface area (Å²) in [7, 11) is 0. The molecule has 0 aliphatic carbocycles. The van der Waals surface area contributed by atoms with E-state index in [1.807, 2.05) is 36.4 Å². The number of nitrogens with one attached hydrogen (secondary N) is 1. The van der Waals surface area contributed by atoms with Crippen molar-refractivity contribution in [3.05, 3.63) is 58.1 Å². The summed E-state index contributed by atoms with van der Waals surface area (Å²) in [5.41, 5.74) is 1.12. The van der Waals surface area contributed by atoms with Crippen molar-refractivity contribution in [3.8, 4) is 0 Å². The molecule has 0 heterocycles. The second-order valence-electron chi connectivity index (χ2n) is 4.78. The molecule has 0 saturated carbocycles. The first-order valence-corrected chi connectivity index (χ1v) is 8.08. The Morgan fingerprint density at radius 1 is 0.950 bits per heavy atom. The van der Waals surface area contributed by atoms with Crippen LogP contribution in [0, 0.1) is 0 Å². The maximum Gasteiger partial charge on any atom is 0.0545 e. The van der Waals surface area contributed by atoms with Gasteiger partial charge in [0.1, 0.15) is 0 Å². The molecule has 0 radical (unpaired) electrons. The Balaban J connectivity index is 2.27. The van der Waals surface area contributed by atoms with Crippen LogP contribution in [0.2, 0.25) is 10.0 Å². The fraction of sp³-hybridized carbons (Fsp3) is 0.250. The molecular weight excluding hydrogens is 309 g/mol. The Morgan fingerprint density at radius 3 is 2.30 bits per heavy atom. The van der Waals surface area contributed by atoms with Gasteiger partial charge in [0.15, 0.2) is 0 Å². The predicted octanol–water partition coefficient (Wildman–Crippen LogP) is 5.64. The highest BCUT2D eigenvalue weighted by molar-refractivity contribution is 7.99.